The molecule has 0 saturated heterocycles. The molecule has 2 aromatic heterocycles. The molecule has 2 heterocycles. The highest BCUT2D eigenvalue weighted by molar-refractivity contribution is 6.61. The van der Waals surface area contributed by atoms with Gasteiger partial charge in [0.25, 0.3) is 0 Å². The van der Waals surface area contributed by atoms with Gasteiger partial charge < -0.3 is 78.9 Å². The Bertz CT molecular complexity index is 2360. The summed E-state index contributed by atoms with van der Waals surface area (Å²) in [6.07, 6.45) is 10.2. The van der Waals surface area contributed by atoms with Crippen molar-refractivity contribution in [2.75, 3.05) is 125 Å². The predicted molar refractivity (Wildman–Crippen MR) is 385 cm³/mol. The number of hydrogen-bond acceptors (Lipinski definition) is 19. The van der Waals surface area contributed by atoms with Crippen LogP contribution in [0.5, 0.6) is 0 Å². The van der Waals surface area contributed by atoms with Crippen LogP contribution in [0, 0.1) is 13.8 Å². The molecule has 0 unspecified atom stereocenters. The van der Waals surface area contributed by atoms with Gasteiger partial charge in [0.1, 0.15) is 0 Å². The third-order valence-corrected chi connectivity index (χ3v) is 28.5. The maximum absolute atomic E-state index is 14.2. The summed E-state index contributed by atoms with van der Waals surface area (Å²) in [6, 6.07) is 3.40. The third-order valence-electron chi connectivity index (χ3n) is 15.9. The molecule has 28 nitrogen and oxygen atoms in total. The lowest BCUT2D eigenvalue weighted by Crippen LogP contribution is -2.54. The highest BCUT2D eigenvalue weighted by Gasteiger charge is 2.43. The molecule has 0 radical (unpaired) electrons. The van der Waals surface area contributed by atoms with Crippen molar-refractivity contribution >= 4 is 53.3 Å². The lowest BCUT2D eigenvalue weighted by atomic mass is 10.2. The van der Waals surface area contributed by atoms with Crippen LogP contribution in [-0.2, 0) is 72.7 Å². The van der Waals surface area contributed by atoms with Gasteiger partial charge in [-0.1, -0.05) is 38.5 Å². The molecule has 32 heteroatoms. The Morgan fingerprint density at radius 3 is 0.825 bits per heavy atom. The van der Waals surface area contributed by atoms with Crippen LogP contribution in [0.25, 0.3) is 0 Å². The Morgan fingerprint density at radius 1 is 0.361 bits per heavy atom. The number of amides is 5. The number of carbonyl (C=O) groups excluding carboxylic acids is 3. The van der Waals surface area contributed by atoms with Gasteiger partial charge in [0.2, 0.25) is 0 Å². The summed E-state index contributed by atoms with van der Waals surface area (Å²) in [4.78, 5) is 86.7. The lowest BCUT2D eigenvalue weighted by molar-refractivity contribution is 0.0682. The van der Waals surface area contributed by atoms with E-state index in [4.69, 9.17) is 53.1 Å². The van der Waals surface area contributed by atoms with Crippen molar-refractivity contribution in [3.05, 3.63) is 48.9 Å². The Balaban J connectivity index is 2.23. The molecular weight excluding hydrogens is 1320 g/mol. The molecule has 0 saturated carbocycles. The molecule has 0 aliphatic heterocycles. The molecule has 0 bridgehead atoms. The quantitative estimate of drug-likeness (QED) is 0.0410. The summed E-state index contributed by atoms with van der Waals surface area (Å²) in [5, 5.41) is 13.4. The Morgan fingerprint density at radius 2 is 0.598 bits per heavy atom. The van der Waals surface area contributed by atoms with E-state index in [0.29, 0.717) is 233 Å². The van der Waals surface area contributed by atoms with Gasteiger partial charge in [0.05, 0.1) is 5.69 Å². The molecule has 97 heavy (non-hydrogen) atoms. The zero-order chi connectivity index (χ0) is 71.8. The summed E-state index contributed by atoms with van der Waals surface area (Å²) in [5.74, 6) is 0. The van der Waals surface area contributed by atoms with E-state index in [1.807, 2.05) is 113 Å². The number of urea groups is 2. The lowest BCUT2D eigenvalue weighted by Gasteiger charge is -2.31. The van der Waals surface area contributed by atoms with Crippen molar-refractivity contribution in [1.82, 2.24) is 49.2 Å². The summed E-state index contributed by atoms with van der Waals surface area (Å²) in [7, 11) is -11.8. The first-order valence-corrected chi connectivity index (χ1v) is 44.5. The Kier molecular flexibility index (Phi) is 47.8. The van der Waals surface area contributed by atoms with Crippen molar-refractivity contribution in [3.63, 3.8) is 0 Å². The molecular formula is C65H130N10O18Si4. The van der Waals surface area contributed by atoms with Gasteiger partial charge in [0.15, 0.2) is 0 Å². The number of rotatable bonds is 61. The van der Waals surface area contributed by atoms with E-state index >= 15 is 0 Å². The maximum Gasteiger partial charge on any atom is 0.500 e. The van der Waals surface area contributed by atoms with E-state index in [2.05, 4.69) is 21.0 Å². The highest BCUT2D eigenvalue weighted by atomic mass is 28.4. The van der Waals surface area contributed by atoms with Gasteiger partial charge in [-0.25, -0.2) is 42.5 Å². The van der Waals surface area contributed by atoms with Crippen LogP contribution >= 0.6 is 0 Å². The van der Waals surface area contributed by atoms with Crippen molar-refractivity contribution < 1.29 is 67.5 Å². The van der Waals surface area contributed by atoms with Crippen molar-refractivity contribution in [2.24, 2.45) is 0 Å². The third kappa shape index (κ3) is 33.1. The van der Waals surface area contributed by atoms with Crippen molar-refractivity contribution in [3.8, 4) is 0 Å². The number of hydrogen-bond donors (Lipinski definition) is 3. The van der Waals surface area contributed by atoms with Crippen LogP contribution in [-0.4, -0.2) is 212 Å². The smallest absolute Gasteiger partial charge is 0.374 e. The SMILES string of the molecule is CCO[Si](CCCN(CCC[Si](OCC)(OCC)OCC)C(=O)NCCCCCCn1c(=O)n(CCCCCCNC(=O)N(CCC[Si](OCC)(OCC)OCC)CCC[Si](OCC)(OCC)OCC)c(=O)n(CCCCCCNC(=O)n2nc(C)cc2C)c1=O)(OCC)OCC. The fraction of sp³-hybridized carbons (Fsp3) is 0.862. The van der Waals surface area contributed by atoms with E-state index in [1.54, 1.807) is 0 Å². The van der Waals surface area contributed by atoms with E-state index in [0.717, 1.165) is 30.7 Å². The number of unbranched alkanes of at least 4 members (excludes halogenated alkanes) is 9. The largest absolute Gasteiger partial charge is 0.500 e. The van der Waals surface area contributed by atoms with Gasteiger partial charge in [-0.3, -0.25) is 0 Å². The zero-order valence-electron chi connectivity index (χ0n) is 62.3. The normalized spacial score (nSPS) is 12.2. The molecule has 0 fully saturated rings. The maximum atomic E-state index is 14.2. The van der Waals surface area contributed by atoms with E-state index in [-0.39, 0.29) is 37.7 Å². The van der Waals surface area contributed by atoms with Crippen molar-refractivity contribution in [1.29, 1.82) is 0 Å². The Hall–Kier alpha value is -3.98. The molecule has 5 amide bonds. The first-order valence-electron chi connectivity index (χ1n) is 36.8. The number of nitrogens with one attached hydrogen (secondary N) is 3. The fourth-order valence-electron chi connectivity index (χ4n) is 11.8. The molecule has 0 spiro atoms. The number of aromatic nitrogens is 5. The minimum Gasteiger partial charge on any atom is -0.374 e. The second-order valence-corrected chi connectivity index (χ2v) is 34.3. The first kappa shape index (κ1) is 89.1. The number of carbonyl (C=O) groups is 3. The summed E-state index contributed by atoms with van der Waals surface area (Å²) >= 11 is 0. The van der Waals surface area contributed by atoms with Crippen LogP contribution in [0.2, 0.25) is 24.2 Å². The molecule has 0 aromatic carbocycles. The second kappa shape index (κ2) is 52.1. The summed E-state index contributed by atoms with van der Waals surface area (Å²) in [6.45, 7) is 35.8. The molecule has 2 aromatic rings. The number of aryl methyl sites for hydroxylation is 2. The molecule has 0 aliphatic rings. The highest BCUT2D eigenvalue weighted by Crippen LogP contribution is 2.24. The predicted octanol–water partition coefficient (Wildman–Crippen LogP) is 9.70. The monoisotopic (exact) mass is 1450 g/mol. The topological polar surface area (TPSA) is 288 Å². The molecule has 0 aliphatic carbocycles. The van der Waals surface area contributed by atoms with Crippen LogP contribution in [0.1, 0.15) is 197 Å². The summed E-state index contributed by atoms with van der Waals surface area (Å²) < 4.78 is 78.3. The van der Waals surface area contributed by atoms with Gasteiger partial charge in [-0.2, -0.15) is 9.78 Å². The zero-order valence-corrected chi connectivity index (χ0v) is 66.3. The van der Waals surface area contributed by atoms with Gasteiger partial charge in [0, 0.05) is 175 Å². The number of nitrogens with zero attached hydrogens (tertiary/aromatic N) is 7. The van der Waals surface area contributed by atoms with Gasteiger partial charge >= 0.3 is 70.4 Å². The standard InChI is InChI=1S/C65H130N10O18Si4/c1-15-82-94(83-16-2,84-17-3)53-39-46-70(47-40-54-95(85-18-4,86-19-5)87-20-6)60(76)66-43-33-27-30-36-50-72-63(79)73(65(81)74(64(72)80)52-38-32-29-35-45-68-62(78)75-59(14)57-58(13)69-75)51-37-31-28-34-44-67-61(77)71(48-41-55-96(88-21-7,89-22-8)90-23-9)49-42-56-97(91-24-10,92-25-11)93-26-12/h57H,15-56H2,1-14H3,(H,66,76)(H,67,77)(H,68,78). The average molecular weight is 1450 g/mol. The molecule has 2 rings (SSSR count). The average Bonchev–Trinajstić information content (AvgIpc) is 1.77. The van der Waals surface area contributed by atoms with E-state index < -0.39 is 52.3 Å². The van der Waals surface area contributed by atoms with Crippen LogP contribution in [0.3, 0.4) is 0 Å². The Labute approximate surface area is 584 Å². The van der Waals surface area contributed by atoms with Crippen LogP contribution < -0.4 is 33.0 Å². The van der Waals surface area contributed by atoms with Crippen molar-refractivity contribution in [2.45, 2.75) is 243 Å². The van der Waals surface area contributed by atoms with Gasteiger partial charge in [-0.05, 0) is 167 Å². The molecule has 0 atom stereocenters. The van der Waals surface area contributed by atoms with Crippen LogP contribution in [0.15, 0.2) is 20.4 Å². The van der Waals surface area contributed by atoms with Crippen LogP contribution in [0.4, 0.5) is 14.4 Å². The first-order chi connectivity index (χ1) is 46.8. The second-order valence-electron chi connectivity index (χ2n) is 23.4. The van der Waals surface area contributed by atoms with Gasteiger partial charge in [-0.15, -0.1) is 0 Å². The minimum atomic E-state index is -2.95. The van der Waals surface area contributed by atoms with E-state index in [9.17, 15) is 28.8 Å². The molecule has 3 N–H and O–H groups in total. The van der Waals surface area contributed by atoms with E-state index in [1.165, 1.54) is 18.4 Å². The fourth-order valence-corrected chi connectivity index (χ4v) is 22.2. The minimum absolute atomic E-state index is 0.124. The molecule has 564 valence electrons. The summed E-state index contributed by atoms with van der Waals surface area (Å²) in [5.41, 5.74) is -0.398.